The summed E-state index contributed by atoms with van der Waals surface area (Å²) in [5, 5.41) is 12.5. The largest absolute Gasteiger partial charge is 0.490 e. The average Bonchev–Trinajstić information content (AvgIpc) is 2.58. The van der Waals surface area contributed by atoms with Gasteiger partial charge in [-0.2, -0.15) is 9.97 Å². The van der Waals surface area contributed by atoms with E-state index in [0.717, 1.165) is 0 Å². The van der Waals surface area contributed by atoms with Gasteiger partial charge in [0.05, 0.1) is 23.3 Å². The fourth-order valence-electron chi connectivity index (χ4n) is 2.39. The molecule has 0 unspecified atom stereocenters. The number of rotatable bonds is 5. The van der Waals surface area contributed by atoms with E-state index in [9.17, 15) is 4.39 Å². The number of aliphatic hydroxyl groups excluding tert-OH is 1. The molecular formula is C16H16FN5O2. The van der Waals surface area contributed by atoms with Gasteiger partial charge in [-0.05, 0) is 24.3 Å². The summed E-state index contributed by atoms with van der Waals surface area (Å²) < 4.78 is 19.7. The Balaban J connectivity index is 2.17. The van der Waals surface area contributed by atoms with Crippen molar-refractivity contribution in [3.63, 3.8) is 0 Å². The van der Waals surface area contributed by atoms with Crippen molar-refractivity contribution in [2.24, 2.45) is 0 Å². The van der Waals surface area contributed by atoms with Crippen LogP contribution in [0.1, 0.15) is 0 Å². The number of pyridine rings is 1. The monoisotopic (exact) mass is 329 g/mol. The van der Waals surface area contributed by atoms with Crippen LogP contribution in [0.5, 0.6) is 5.75 Å². The van der Waals surface area contributed by atoms with E-state index in [1.165, 1.54) is 12.1 Å². The maximum absolute atomic E-state index is 14.3. The van der Waals surface area contributed by atoms with Crippen LogP contribution in [-0.4, -0.2) is 40.3 Å². The fourth-order valence-corrected chi connectivity index (χ4v) is 2.39. The lowest BCUT2D eigenvalue weighted by Crippen LogP contribution is -2.05. The molecule has 0 radical (unpaired) electrons. The summed E-state index contributed by atoms with van der Waals surface area (Å²) in [5.41, 5.74) is 6.59. The van der Waals surface area contributed by atoms with Gasteiger partial charge in [-0.15, -0.1) is 0 Å². The van der Waals surface area contributed by atoms with Crippen LogP contribution in [0.25, 0.3) is 22.3 Å². The summed E-state index contributed by atoms with van der Waals surface area (Å²) in [6.45, 7) is -0.112. The standard InChI is InChI=1S/C16H16FN5O2/c1-19-14-9-5-6-11(20-15(9)22-16(18)21-14)13-10(17)3-2-4-12(13)24-8-7-23/h2-6,23H,7-8H2,1H3,(H3,18,19,20,21,22). The Hall–Kier alpha value is -3.00. The molecule has 3 aromatic rings. The zero-order valence-corrected chi connectivity index (χ0v) is 13.0. The van der Waals surface area contributed by atoms with Crippen LogP contribution in [0.4, 0.5) is 16.2 Å². The van der Waals surface area contributed by atoms with Crippen LogP contribution >= 0.6 is 0 Å². The summed E-state index contributed by atoms with van der Waals surface area (Å²) in [4.78, 5) is 12.6. The maximum atomic E-state index is 14.3. The second kappa shape index (κ2) is 6.63. The molecule has 24 heavy (non-hydrogen) atoms. The van der Waals surface area contributed by atoms with Crippen LogP contribution < -0.4 is 15.8 Å². The van der Waals surface area contributed by atoms with Gasteiger partial charge in [-0.3, -0.25) is 0 Å². The van der Waals surface area contributed by atoms with Crippen LogP contribution in [0.3, 0.4) is 0 Å². The number of anilines is 2. The zero-order chi connectivity index (χ0) is 17.1. The summed E-state index contributed by atoms with van der Waals surface area (Å²) in [6, 6.07) is 7.87. The smallest absolute Gasteiger partial charge is 0.224 e. The summed E-state index contributed by atoms with van der Waals surface area (Å²) >= 11 is 0. The third kappa shape index (κ3) is 2.91. The first-order chi connectivity index (χ1) is 11.6. The number of aliphatic hydroxyl groups is 1. The number of benzene rings is 1. The predicted molar refractivity (Wildman–Crippen MR) is 89.3 cm³/mol. The number of nitrogens with two attached hydrogens (primary N) is 1. The van der Waals surface area contributed by atoms with E-state index in [2.05, 4.69) is 20.3 Å². The van der Waals surface area contributed by atoms with Crippen molar-refractivity contribution in [1.82, 2.24) is 15.0 Å². The minimum Gasteiger partial charge on any atom is -0.490 e. The Morgan fingerprint density at radius 3 is 2.79 bits per heavy atom. The van der Waals surface area contributed by atoms with Crippen LogP contribution in [-0.2, 0) is 0 Å². The van der Waals surface area contributed by atoms with Crippen LogP contribution in [0.15, 0.2) is 30.3 Å². The molecule has 0 saturated heterocycles. The lowest BCUT2D eigenvalue weighted by Gasteiger charge is -2.12. The highest BCUT2D eigenvalue weighted by molar-refractivity contribution is 5.89. The zero-order valence-electron chi connectivity index (χ0n) is 13.0. The second-order valence-electron chi connectivity index (χ2n) is 4.93. The molecule has 0 aliphatic carbocycles. The van der Waals surface area contributed by atoms with E-state index in [1.807, 2.05) is 0 Å². The summed E-state index contributed by atoms with van der Waals surface area (Å²) in [6.07, 6.45) is 0. The van der Waals surface area contributed by atoms with Crippen molar-refractivity contribution in [3.8, 4) is 17.0 Å². The normalized spacial score (nSPS) is 10.8. The van der Waals surface area contributed by atoms with Gasteiger partial charge >= 0.3 is 0 Å². The Bertz CT molecular complexity index is 888. The van der Waals surface area contributed by atoms with Gasteiger partial charge in [-0.1, -0.05) is 6.07 Å². The van der Waals surface area contributed by atoms with E-state index in [0.29, 0.717) is 28.3 Å². The lowest BCUT2D eigenvalue weighted by molar-refractivity contribution is 0.201. The number of nitrogens with zero attached hydrogens (tertiary/aromatic N) is 3. The van der Waals surface area contributed by atoms with Gasteiger partial charge in [-0.25, -0.2) is 9.37 Å². The Morgan fingerprint density at radius 2 is 2.04 bits per heavy atom. The first-order valence-electron chi connectivity index (χ1n) is 7.28. The van der Waals surface area contributed by atoms with Crippen LogP contribution in [0.2, 0.25) is 0 Å². The number of fused-ring (bicyclic) bond motifs is 1. The van der Waals surface area contributed by atoms with Crippen molar-refractivity contribution in [1.29, 1.82) is 0 Å². The molecule has 8 heteroatoms. The highest BCUT2D eigenvalue weighted by Crippen LogP contribution is 2.33. The molecule has 0 aliphatic rings. The van der Waals surface area contributed by atoms with E-state index in [-0.39, 0.29) is 24.7 Å². The number of nitrogen functional groups attached to an aromatic ring is 1. The van der Waals surface area contributed by atoms with Crippen molar-refractivity contribution >= 4 is 22.8 Å². The number of ether oxygens (including phenoxy) is 1. The molecule has 0 bridgehead atoms. The van der Waals surface area contributed by atoms with Gasteiger partial charge in [0, 0.05) is 7.05 Å². The highest BCUT2D eigenvalue weighted by atomic mass is 19.1. The van der Waals surface area contributed by atoms with Crippen molar-refractivity contribution in [3.05, 3.63) is 36.1 Å². The highest BCUT2D eigenvalue weighted by Gasteiger charge is 2.15. The molecule has 2 aromatic heterocycles. The molecule has 124 valence electrons. The number of hydrogen-bond donors (Lipinski definition) is 3. The molecule has 0 atom stereocenters. The molecule has 0 saturated carbocycles. The number of nitrogens with one attached hydrogen (secondary N) is 1. The Morgan fingerprint density at radius 1 is 1.21 bits per heavy atom. The average molecular weight is 329 g/mol. The number of aromatic nitrogens is 3. The van der Waals surface area contributed by atoms with E-state index >= 15 is 0 Å². The van der Waals surface area contributed by atoms with Gasteiger partial charge in [0.25, 0.3) is 0 Å². The third-order valence-corrected chi connectivity index (χ3v) is 3.39. The molecule has 0 spiro atoms. The maximum Gasteiger partial charge on any atom is 0.224 e. The molecule has 1 aromatic carbocycles. The van der Waals surface area contributed by atoms with E-state index in [1.54, 1.807) is 25.2 Å². The molecular weight excluding hydrogens is 313 g/mol. The van der Waals surface area contributed by atoms with Crippen molar-refractivity contribution < 1.29 is 14.2 Å². The fraction of sp³-hybridized carbons (Fsp3) is 0.188. The van der Waals surface area contributed by atoms with Gasteiger partial charge in [0.1, 0.15) is 24.0 Å². The van der Waals surface area contributed by atoms with Gasteiger partial charge < -0.3 is 20.9 Å². The number of halogens is 1. The molecule has 7 nitrogen and oxygen atoms in total. The quantitative estimate of drug-likeness (QED) is 0.655. The molecule has 3 rings (SSSR count). The molecule has 0 amide bonds. The van der Waals surface area contributed by atoms with Gasteiger partial charge in [0.2, 0.25) is 5.95 Å². The Kier molecular flexibility index (Phi) is 4.39. The minimum absolute atomic E-state index is 0.0586. The van der Waals surface area contributed by atoms with E-state index in [4.69, 9.17) is 15.6 Å². The van der Waals surface area contributed by atoms with Gasteiger partial charge in [0.15, 0.2) is 5.65 Å². The minimum atomic E-state index is -0.479. The lowest BCUT2D eigenvalue weighted by atomic mass is 10.1. The van der Waals surface area contributed by atoms with Crippen molar-refractivity contribution in [2.45, 2.75) is 0 Å². The second-order valence-corrected chi connectivity index (χ2v) is 4.93. The molecule has 0 fully saturated rings. The molecule has 2 heterocycles. The summed E-state index contributed by atoms with van der Waals surface area (Å²) in [5.74, 6) is 0.434. The summed E-state index contributed by atoms with van der Waals surface area (Å²) in [7, 11) is 1.72. The SMILES string of the molecule is CNc1nc(N)nc2nc(-c3c(F)cccc3OCCO)ccc12. The third-order valence-electron chi connectivity index (χ3n) is 3.39. The van der Waals surface area contributed by atoms with Crippen molar-refractivity contribution in [2.75, 3.05) is 31.3 Å². The topological polar surface area (TPSA) is 106 Å². The first kappa shape index (κ1) is 15.9. The molecule has 4 N–H and O–H groups in total. The molecule has 0 aliphatic heterocycles. The predicted octanol–water partition coefficient (Wildman–Crippen LogP) is 1.83. The Labute approximate surface area is 137 Å². The van der Waals surface area contributed by atoms with Crippen LogP contribution in [0, 0.1) is 5.82 Å². The number of hydrogen-bond acceptors (Lipinski definition) is 7. The first-order valence-corrected chi connectivity index (χ1v) is 7.28. The van der Waals surface area contributed by atoms with E-state index < -0.39 is 5.82 Å².